The number of nitrogens with one attached hydrogen (secondary N) is 1. The molecule has 9 heteroatoms. The van der Waals surface area contributed by atoms with E-state index >= 15 is 0 Å². The molecule has 0 aliphatic carbocycles. The van der Waals surface area contributed by atoms with Gasteiger partial charge in [0, 0.05) is 42.4 Å². The maximum absolute atomic E-state index is 13.2. The summed E-state index contributed by atoms with van der Waals surface area (Å²) in [6.07, 6.45) is 2.07. The number of aromatic nitrogens is 2. The van der Waals surface area contributed by atoms with Crippen LogP contribution < -0.4 is 14.8 Å². The summed E-state index contributed by atoms with van der Waals surface area (Å²) in [7, 11) is 3.11. The van der Waals surface area contributed by atoms with Crippen LogP contribution in [0.4, 0.5) is 5.69 Å². The zero-order valence-corrected chi connectivity index (χ0v) is 19.5. The SMILES string of the molecule is CCC(=O)Nc1cccc(-c2noc(C3CCCN(C(=O)c4cc(OC)cc(OC)c4)C3)n2)c1. The van der Waals surface area contributed by atoms with Crippen molar-refractivity contribution >= 4 is 17.5 Å². The Morgan fingerprint density at radius 2 is 1.91 bits per heavy atom. The number of nitrogens with zero attached hydrogens (tertiary/aromatic N) is 3. The minimum absolute atomic E-state index is 0.0607. The first-order chi connectivity index (χ1) is 16.5. The summed E-state index contributed by atoms with van der Waals surface area (Å²) in [6, 6.07) is 12.5. The van der Waals surface area contributed by atoms with Crippen molar-refractivity contribution < 1.29 is 23.6 Å². The zero-order valence-electron chi connectivity index (χ0n) is 19.5. The Morgan fingerprint density at radius 3 is 2.62 bits per heavy atom. The van der Waals surface area contributed by atoms with E-state index in [1.54, 1.807) is 44.2 Å². The molecule has 1 aliphatic rings. The average molecular weight is 465 g/mol. The highest BCUT2D eigenvalue weighted by atomic mass is 16.5. The van der Waals surface area contributed by atoms with Crippen LogP contribution in [0, 0.1) is 0 Å². The number of carbonyl (C=O) groups is 2. The molecule has 3 aromatic rings. The minimum Gasteiger partial charge on any atom is -0.497 e. The van der Waals surface area contributed by atoms with Crippen LogP contribution in [0.5, 0.6) is 11.5 Å². The van der Waals surface area contributed by atoms with E-state index in [0.29, 0.717) is 54.0 Å². The van der Waals surface area contributed by atoms with Gasteiger partial charge in [-0.1, -0.05) is 24.2 Å². The number of ether oxygens (including phenoxy) is 2. The van der Waals surface area contributed by atoms with Gasteiger partial charge in [-0.05, 0) is 37.1 Å². The summed E-state index contributed by atoms with van der Waals surface area (Å²) in [5.41, 5.74) is 1.93. The van der Waals surface area contributed by atoms with E-state index in [-0.39, 0.29) is 17.7 Å². The zero-order chi connectivity index (χ0) is 24.1. The summed E-state index contributed by atoms with van der Waals surface area (Å²) < 4.78 is 16.2. The van der Waals surface area contributed by atoms with E-state index in [0.717, 1.165) is 18.4 Å². The molecule has 2 aromatic carbocycles. The predicted octanol–water partition coefficient (Wildman–Crippen LogP) is 4.12. The van der Waals surface area contributed by atoms with Gasteiger partial charge in [0.15, 0.2) is 0 Å². The second-order valence-electron chi connectivity index (χ2n) is 8.13. The second kappa shape index (κ2) is 10.4. The monoisotopic (exact) mass is 464 g/mol. The Labute approximate surface area is 198 Å². The van der Waals surface area contributed by atoms with Gasteiger partial charge in [-0.25, -0.2) is 0 Å². The molecule has 4 rings (SSSR count). The van der Waals surface area contributed by atoms with E-state index in [4.69, 9.17) is 14.0 Å². The van der Waals surface area contributed by atoms with E-state index in [2.05, 4.69) is 15.5 Å². The number of rotatable bonds is 7. The summed E-state index contributed by atoms with van der Waals surface area (Å²) >= 11 is 0. The van der Waals surface area contributed by atoms with Crippen LogP contribution in [-0.4, -0.2) is 54.2 Å². The average Bonchev–Trinajstić information content (AvgIpc) is 3.38. The number of carbonyl (C=O) groups excluding carboxylic acids is 2. The molecule has 1 unspecified atom stereocenters. The van der Waals surface area contributed by atoms with Gasteiger partial charge in [-0.3, -0.25) is 9.59 Å². The second-order valence-corrected chi connectivity index (χ2v) is 8.13. The van der Waals surface area contributed by atoms with Gasteiger partial charge in [-0.15, -0.1) is 0 Å². The van der Waals surface area contributed by atoms with Crippen molar-refractivity contribution in [3.8, 4) is 22.9 Å². The van der Waals surface area contributed by atoms with Crippen molar-refractivity contribution in [1.82, 2.24) is 15.0 Å². The van der Waals surface area contributed by atoms with Gasteiger partial charge < -0.3 is 24.2 Å². The van der Waals surface area contributed by atoms with Crippen LogP contribution in [0.2, 0.25) is 0 Å². The third-order valence-corrected chi connectivity index (χ3v) is 5.82. The normalized spacial score (nSPS) is 15.6. The summed E-state index contributed by atoms with van der Waals surface area (Å²) in [6.45, 7) is 2.93. The van der Waals surface area contributed by atoms with Crippen LogP contribution >= 0.6 is 0 Å². The number of likely N-dealkylation sites (tertiary alicyclic amines) is 1. The van der Waals surface area contributed by atoms with Crippen LogP contribution in [0.1, 0.15) is 48.4 Å². The largest absolute Gasteiger partial charge is 0.497 e. The first kappa shape index (κ1) is 23.3. The third-order valence-electron chi connectivity index (χ3n) is 5.82. The number of anilines is 1. The van der Waals surface area contributed by atoms with Gasteiger partial charge in [0.2, 0.25) is 17.6 Å². The molecule has 34 heavy (non-hydrogen) atoms. The number of hydrogen-bond donors (Lipinski definition) is 1. The lowest BCUT2D eigenvalue weighted by atomic mass is 9.97. The molecule has 1 N–H and O–H groups in total. The van der Waals surface area contributed by atoms with Crippen molar-refractivity contribution in [2.45, 2.75) is 32.1 Å². The number of piperidine rings is 1. The van der Waals surface area contributed by atoms with Crippen molar-refractivity contribution in [1.29, 1.82) is 0 Å². The Balaban J connectivity index is 1.49. The molecule has 1 aromatic heterocycles. The Bertz CT molecular complexity index is 1150. The highest BCUT2D eigenvalue weighted by molar-refractivity contribution is 5.95. The molecule has 2 heterocycles. The van der Waals surface area contributed by atoms with Crippen molar-refractivity contribution in [3.05, 3.63) is 53.9 Å². The van der Waals surface area contributed by atoms with Gasteiger partial charge in [0.1, 0.15) is 11.5 Å². The summed E-state index contributed by atoms with van der Waals surface area (Å²) in [5, 5.41) is 6.98. The highest BCUT2D eigenvalue weighted by Crippen LogP contribution is 2.30. The molecule has 9 nitrogen and oxygen atoms in total. The molecule has 0 spiro atoms. The topological polar surface area (TPSA) is 107 Å². The van der Waals surface area contributed by atoms with Gasteiger partial charge in [0.25, 0.3) is 5.91 Å². The molecule has 1 saturated heterocycles. The molecule has 0 radical (unpaired) electrons. The van der Waals surface area contributed by atoms with Crippen molar-refractivity contribution in [2.24, 2.45) is 0 Å². The van der Waals surface area contributed by atoms with Gasteiger partial charge in [-0.2, -0.15) is 4.98 Å². The highest BCUT2D eigenvalue weighted by Gasteiger charge is 2.29. The first-order valence-corrected chi connectivity index (χ1v) is 11.3. The maximum atomic E-state index is 13.2. The molecule has 1 atom stereocenters. The molecule has 178 valence electrons. The number of hydrogen-bond acceptors (Lipinski definition) is 7. The maximum Gasteiger partial charge on any atom is 0.254 e. The summed E-state index contributed by atoms with van der Waals surface area (Å²) in [5.74, 6) is 1.86. The molecule has 1 aliphatic heterocycles. The molecular weight excluding hydrogens is 436 g/mol. The van der Waals surface area contributed by atoms with Gasteiger partial charge in [0.05, 0.1) is 20.1 Å². The molecule has 2 amide bonds. The summed E-state index contributed by atoms with van der Waals surface area (Å²) in [4.78, 5) is 31.3. The Kier molecular flexibility index (Phi) is 7.10. The quantitative estimate of drug-likeness (QED) is 0.560. The number of benzene rings is 2. The van der Waals surface area contributed by atoms with E-state index in [1.165, 1.54) is 0 Å². The smallest absolute Gasteiger partial charge is 0.254 e. The Morgan fingerprint density at radius 1 is 1.15 bits per heavy atom. The number of amides is 2. The predicted molar refractivity (Wildman–Crippen MR) is 126 cm³/mol. The minimum atomic E-state index is -0.0963. The fraction of sp³-hybridized carbons (Fsp3) is 0.360. The fourth-order valence-electron chi connectivity index (χ4n) is 3.98. The van der Waals surface area contributed by atoms with E-state index in [9.17, 15) is 9.59 Å². The third kappa shape index (κ3) is 5.19. The lowest BCUT2D eigenvalue weighted by molar-refractivity contribution is -0.115. The van der Waals surface area contributed by atoms with E-state index < -0.39 is 0 Å². The lowest BCUT2D eigenvalue weighted by Crippen LogP contribution is -2.39. The van der Waals surface area contributed by atoms with Crippen LogP contribution in [0.3, 0.4) is 0 Å². The number of methoxy groups -OCH3 is 2. The Hall–Kier alpha value is -3.88. The van der Waals surface area contributed by atoms with E-state index in [1.807, 2.05) is 24.3 Å². The van der Waals surface area contributed by atoms with Crippen LogP contribution in [0.25, 0.3) is 11.4 Å². The van der Waals surface area contributed by atoms with Crippen LogP contribution in [0.15, 0.2) is 47.0 Å². The first-order valence-electron chi connectivity index (χ1n) is 11.3. The van der Waals surface area contributed by atoms with Gasteiger partial charge >= 0.3 is 0 Å². The van der Waals surface area contributed by atoms with Crippen LogP contribution in [-0.2, 0) is 4.79 Å². The standard InChI is InChI=1S/C25H28N4O5/c1-4-22(30)26-19-9-5-7-16(11-19)23-27-24(34-28-23)17-8-6-10-29(15-17)25(31)18-12-20(32-2)14-21(13-18)33-3/h5,7,9,11-14,17H,4,6,8,10,15H2,1-3H3,(H,26,30). The molecule has 0 bridgehead atoms. The molecule has 0 saturated carbocycles. The lowest BCUT2D eigenvalue weighted by Gasteiger charge is -2.31. The molecular formula is C25H28N4O5. The fourth-order valence-corrected chi connectivity index (χ4v) is 3.98. The molecule has 1 fully saturated rings. The van der Waals surface area contributed by atoms with Crippen molar-refractivity contribution in [3.63, 3.8) is 0 Å². The van der Waals surface area contributed by atoms with Crippen molar-refractivity contribution in [2.75, 3.05) is 32.6 Å².